The first-order valence-corrected chi connectivity index (χ1v) is 11.0. The predicted octanol–water partition coefficient (Wildman–Crippen LogP) is 4.49. The molecule has 0 aliphatic heterocycles. The van der Waals surface area contributed by atoms with Gasteiger partial charge in [0, 0.05) is 48.6 Å². The highest BCUT2D eigenvalue weighted by atomic mass is 127. The van der Waals surface area contributed by atoms with E-state index in [2.05, 4.69) is 38.1 Å². The van der Waals surface area contributed by atoms with Gasteiger partial charge in [0.15, 0.2) is 5.65 Å². The van der Waals surface area contributed by atoms with Crippen LogP contribution in [0, 0.1) is 10.1 Å². The summed E-state index contributed by atoms with van der Waals surface area (Å²) in [6, 6.07) is 1.77. The van der Waals surface area contributed by atoms with Crippen molar-refractivity contribution in [2.75, 3.05) is 11.9 Å². The summed E-state index contributed by atoms with van der Waals surface area (Å²) in [6.07, 6.45) is 3.33. The summed E-state index contributed by atoms with van der Waals surface area (Å²) in [4.78, 5) is 27.0. The third-order valence-corrected chi connectivity index (χ3v) is 5.06. The van der Waals surface area contributed by atoms with Crippen molar-refractivity contribution in [2.24, 2.45) is 0 Å². The number of nitrogens with zero attached hydrogens (tertiary/aromatic N) is 3. The Morgan fingerprint density at radius 1 is 1.54 bits per heavy atom. The van der Waals surface area contributed by atoms with E-state index in [9.17, 15) is 14.9 Å². The zero-order valence-corrected chi connectivity index (χ0v) is 17.6. The number of carbonyl (C=O) groups excluding carboxylic acids is 1. The van der Waals surface area contributed by atoms with Crippen LogP contribution in [0.1, 0.15) is 27.2 Å². The van der Waals surface area contributed by atoms with E-state index in [0.717, 1.165) is 0 Å². The number of nitro groups is 1. The number of hydrogen-bond acceptors (Lipinski definition) is 7. The Labute approximate surface area is 167 Å². The third kappa shape index (κ3) is 4.87. The fraction of sp³-hybridized carbons (Fsp3) is 0.375. The van der Waals surface area contributed by atoms with Crippen molar-refractivity contribution in [3.05, 3.63) is 40.7 Å². The molecule has 0 aliphatic carbocycles. The lowest BCUT2D eigenvalue weighted by atomic mass is 10.1. The van der Waals surface area contributed by atoms with Gasteiger partial charge in [-0.2, -0.15) is 0 Å². The molecule has 0 spiro atoms. The molecule has 10 heteroatoms. The van der Waals surface area contributed by atoms with Crippen molar-refractivity contribution < 1.29 is 14.5 Å². The van der Waals surface area contributed by atoms with Crippen LogP contribution in [0.4, 0.5) is 11.4 Å². The maximum Gasteiger partial charge on any atom is 0.333 e. The molecule has 0 saturated carbocycles. The van der Waals surface area contributed by atoms with Crippen LogP contribution >= 0.6 is 30.3 Å². The normalized spacial score (nSPS) is 11.4. The summed E-state index contributed by atoms with van der Waals surface area (Å²) in [5.41, 5.74) is 0.603. The van der Waals surface area contributed by atoms with E-state index in [1.807, 2.05) is 3.97 Å². The average molecular weight is 490 g/mol. The molecule has 140 valence electrons. The minimum Gasteiger partial charge on any atom is -0.457 e. The van der Waals surface area contributed by atoms with E-state index in [1.54, 1.807) is 33.0 Å². The first-order chi connectivity index (χ1) is 12.1. The number of hydrogen-bond donors (Lipinski definition) is 1. The predicted molar refractivity (Wildman–Crippen MR) is 111 cm³/mol. The zero-order chi connectivity index (χ0) is 19.5. The lowest BCUT2D eigenvalue weighted by Gasteiger charge is -2.20. The molecule has 0 saturated heterocycles. The molecule has 8 nitrogen and oxygen atoms in total. The van der Waals surface area contributed by atoms with Gasteiger partial charge in [-0.25, -0.2) is 9.78 Å². The van der Waals surface area contributed by atoms with Gasteiger partial charge in [-0.15, -0.1) is 0 Å². The van der Waals surface area contributed by atoms with Crippen LogP contribution < -0.4 is 5.32 Å². The summed E-state index contributed by atoms with van der Waals surface area (Å²) >= 11 is 2.11. The van der Waals surface area contributed by atoms with E-state index >= 15 is 0 Å². The number of ether oxygens (including phenoxy) is 1. The van der Waals surface area contributed by atoms with E-state index in [1.165, 1.54) is 15.3 Å². The highest BCUT2D eigenvalue weighted by Gasteiger charge is 2.21. The van der Waals surface area contributed by atoms with Crippen molar-refractivity contribution in [3.8, 4) is 0 Å². The smallest absolute Gasteiger partial charge is 0.333 e. The zero-order valence-electron chi connectivity index (χ0n) is 14.6. The fourth-order valence-electron chi connectivity index (χ4n) is 2.22. The van der Waals surface area contributed by atoms with Gasteiger partial charge in [0.1, 0.15) is 17.5 Å². The van der Waals surface area contributed by atoms with E-state index < -0.39 is 16.5 Å². The molecule has 0 fully saturated rings. The lowest BCUT2D eigenvalue weighted by Crippen LogP contribution is -2.25. The second-order valence-electron chi connectivity index (χ2n) is 6.51. The van der Waals surface area contributed by atoms with Gasteiger partial charge in [-0.05, 0) is 33.3 Å². The third-order valence-electron chi connectivity index (χ3n) is 3.35. The molecular formula is C16H19IN4O4S. The van der Waals surface area contributed by atoms with Crippen LogP contribution in [-0.2, 0) is 9.53 Å². The maximum absolute atomic E-state index is 12.0. The van der Waals surface area contributed by atoms with Gasteiger partial charge in [-0.3, -0.25) is 14.1 Å². The summed E-state index contributed by atoms with van der Waals surface area (Å²) in [5.74, 6) is -0.471. The van der Waals surface area contributed by atoms with Crippen molar-refractivity contribution in [2.45, 2.75) is 32.8 Å². The highest BCUT2D eigenvalue weighted by molar-refractivity contribution is 14.2. The monoisotopic (exact) mass is 490 g/mol. The van der Waals surface area contributed by atoms with E-state index in [0.29, 0.717) is 35.3 Å². The number of anilines is 1. The summed E-state index contributed by atoms with van der Waals surface area (Å²) < 4.78 is 7.07. The van der Waals surface area contributed by atoms with Gasteiger partial charge in [0.2, 0.25) is 0 Å². The Morgan fingerprint density at radius 3 is 2.81 bits per heavy atom. The van der Waals surface area contributed by atoms with Gasteiger partial charge >= 0.3 is 11.7 Å². The quantitative estimate of drug-likeness (QED) is 0.201. The standard InChI is InChI=1S/C16H19IN4O4S/c1-10(15(22)25-16(2,3)4)5-7-18-13-11-6-8-20(26-17)14(11)19-9-12(13)21(23)24/h6,8-9H,1,5,7H2,2-4H3,(H,18,19). The van der Waals surface area contributed by atoms with Gasteiger partial charge in [0.05, 0.1) is 10.3 Å². The molecule has 2 heterocycles. The molecule has 0 unspecified atom stereocenters. The Kier molecular flexibility index (Phi) is 6.50. The Morgan fingerprint density at radius 2 is 2.23 bits per heavy atom. The molecule has 0 atom stereocenters. The molecule has 0 amide bonds. The highest BCUT2D eigenvalue weighted by Crippen LogP contribution is 2.34. The van der Waals surface area contributed by atoms with Crippen molar-refractivity contribution in [1.82, 2.24) is 8.96 Å². The molecular weight excluding hydrogens is 471 g/mol. The Bertz CT molecular complexity index is 860. The number of nitrogens with one attached hydrogen (secondary N) is 1. The van der Waals surface area contributed by atoms with Gasteiger partial charge in [-0.1, -0.05) is 6.58 Å². The van der Waals surface area contributed by atoms with Crippen molar-refractivity contribution in [1.29, 1.82) is 0 Å². The Balaban J connectivity index is 2.16. The molecule has 2 aromatic heterocycles. The molecule has 0 radical (unpaired) electrons. The summed E-state index contributed by atoms with van der Waals surface area (Å²) in [6.45, 7) is 9.39. The minimum atomic E-state index is -0.594. The second kappa shape index (κ2) is 8.25. The molecule has 0 aromatic carbocycles. The molecule has 2 rings (SSSR count). The van der Waals surface area contributed by atoms with Crippen LogP contribution in [0.5, 0.6) is 0 Å². The molecule has 2 aromatic rings. The van der Waals surface area contributed by atoms with Crippen LogP contribution in [0.3, 0.4) is 0 Å². The molecule has 26 heavy (non-hydrogen) atoms. The van der Waals surface area contributed by atoms with Crippen molar-refractivity contribution in [3.63, 3.8) is 0 Å². The van der Waals surface area contributed by atoms with Gasteiger partial charge in [0.25, 0.3) is 0 Å². The van der Waals surface area contributed by atoms with Crippen LogP contribution in [0.2, 0.25) is 0 Å². The average Bonchev–Trinajstić information content (AvgIpc) is 2.96. The summed E-state index contributed by atoms with van der Waals surface area (Å²) in [7, 11) is 1.42. The largest absolute Gasteiger partial charge is 0.457 e. The van der Waals surface area contributed by atoms with Crippen LogP contribution in [0.15, 0.2) is 30.6 Å². The second-order valence-corrected chi connectivity index (χ2v) is 8.22. The molecule has 0 bridgehead atoms. The summed E-state index contributed by atoms with van der Waals surface area (Å²) in [5, 5.41) is 15.0. The fourth-order valence-corrected chi connectivity index (χ4v) is 3.49. The number of carbonyl (C=O) groups is 1. The number of aromatic nitrogens is 2. The van der Waals surface area contributed by atoms with Crippen LogP contribution in [0.25, 0.3) is 11.0 Å². The number of rotatable bonds is 7. The lowest BCUT2D eigenvalue weighted by molar-refractivity contribution is -0.384. The minimum absolute atomic E-state index is 0.114. The SMILES string of the molecule is C=C(CCNc1c([N+](=O)[O-])cnc2c1ccn2SI)C(=O)OC(C)(C)C. The van der Waals surface area contributed by atoms with E-state index in [4.69, 9.17) is 4.74 Å². The van der Waals surface area contributed by atoms with E-state index in [-0.39, 0.29) is 5.69 Å². The first-order valence-electron chi connectivity index (χ1n) is 7.72. The molecule has 1 N–H and O–H groups in total. The first kappa shape index (κ1) is 20.5. The topological polar surface area (TPSA) is 99.3 Å². The van der Waals surface area contributed by atoms with Crippen molar-refractivity contribution >= 4 is 58.7 Å². The number of pyridine rings is 1. The molecule has 0 aliphatic rings. The maximum atomic E-state index is 12.0. The number of fused-ring (bicyclic) bond motifs is 1. The number of halogens is 1. The van der Waals surface area contributed by atoms with Crippen LogP contribution in [-0.4, -0.2) is 32.0 Å². The number of esters is 1. The Hall–Kier alpha value is -1.82. The van der Waals surface area contributed by atoms with Gasteiger partial charge < -0.3 is 10.1 Å².